The molecular formula is C20H22N4O. The van der Waals surface area contributed by atoms with Crippen molar-refractivity contribution < 1.29 is 4.79 Å². The maximum atomic E-state index is 12.6. The molecule has 0 unspecified atom stereocenters. The van der Waals surface area contributed by atoms with E-state index in [9.17, 15) is 4.79 Å². The Morgan fingerprint density at radius 3 is 2.40 bits per heavy atom. The Labute approximate surface area is 147 Å². The third-order valence-electron chi connectivity index (χ3n) is 3.99. The van der Waals surface area contributed by atoms with E-state index in [2.05, 4.69) is 31.1 Å². The average molecular weight is 334 g/mol. The van der Waals surface area contributed by atoms with Crippen LogP contribution >= 0.6 is 0 Å². The third-order valence-corrected chi connectivity index (χ3v) is 3.99. The summed E-state index contributed by atoms with van der Waals surface area (Å²) in [4.78, 5) is 16.6. The first-order valence-electron chi connectivity index (χ1n) is 8.25. The van der Waals surface area contributed by atoms with Gasteiger partial charge in [0, 0.05) is 23.4 Å². The summed E-state index contributed by atoms with van der Waals surface area (Å²) in [7, 11) is 0. The molecule has 0 aliphatic heterocycles. The molecule has 5 nitrogen and oxygen atoms in total. The maximum absolute atomic E-state index is 12.6. The molecule has 1 amide bonds. The lowest BCUT2D eigenvalue weighted by Crippen LogP contribution is -2.16. The molecule has 3 aromatic rings. The highest BCUT2D eigenvalue weighted by Gasteiger charge is 2.26. The van der Waals surface area contributed by atoms with E-state index in [-0.39, 0.29) is 11.3 Å². The van der Waals surface area contributed by atoms with Crippen LogP contribution in [0.2, 0.25) is 0 Å². The van der Waals surface area contributed by atoms with Gasteiger partial charge in [0.05, 0.1) is 16.9 Å². The zero-order valence-corrected chi connectivity index (χ0v) is 14.9. The van der Waals surface area contributed by atoms with E-state index >= 15 is 0 Å². The van der Waals surface area contributed by atoms with Crippen molar-refractivity contribution in [3.05, 3.63) is 71.7 Å². The standard InChI is InChI=1S/C20H22N4O/c1-14-17(20(2,3)4)23-24(16-10-6-5-7-11-16)18(14)22-19(25)15-9-8-12-21-13-15/h5-13H,1-4H3,(H,22,25). The van der Waals surface area contributed by atoms with Crippen LogP contribution in [0.1, 0.15) is 42.4 Å². The quantitative estimate of drug-likeness (QED) is 0.783. The second kappa shape index (κ2) is 6.51. The van der Waals surface area contributed by atoms with Crippen molar-refractivity contribution in [2.24, 2.45) is 0 Å². The van der Waals surface area contributed by atoms with Crippen molar-refractivity contribution >= 4 is 11.7 Å². The molecule has 2 heterocycles. The van der Waals surface area contributed by atoms with Gasteiger partial charge in [-0.2, -0.15) is 5.10 Å². The van der Waals surface area contributed by atoms with Gasteiger partial charge in [0.1, 0.15) is 5.82 Å². The lowest BCUT2D eigenvalue weighted by molar-refractivity contribution is 0.102. The fraction of sp³-hybridized carbons (Fsp3) is 0.250. The molecule has 0 fully saturated rings. The molecule has 0 spiro atoms. The summed E-state index contributed by atoms with van der Waals surface area (Å²) in [6.45, 7) is 8.34. The Morgan fingerprint density at radius 1 is 1.08 bits per heavy atom. The van der Waals surface area contributed by atoms with E-state index in [1.807, 2.05) is 37.3 Å². The van der Waals surface area contributed by atoms with Crippen LogP contribution in [0.4, 0.5) is 5.82 Å². The molecule has 25 heavy (non-hydrogen) atoms. The van der Waals surface area contributed by atoms with E-state index in [1.54, 1.807) is 29.2 Å². The number of aromatic nitrogens is 3. The van der Waals surface area contributed by atoms with E-state index in [0.29, 0.717) is 11.4 Å². The van der Waals surface area contributed by atoms with Gasteiger partial charge in [-0.25, -0.2) is 4.68 Å². The van der Waals surface area contributed by atoms with Crippen molar-refractivity contribution in [3.63, 3.8) is 0 Å². The van der Waals surface area contributed by atoms with Crippen molar-refractivity contribution in [1.29, 1.82) is 0 Å². The first-order chi connectivity index (χ1) is 11.9. The highest BCUT2D eigenvalue weighted by Crippen LogP contribution is 2.31. The zero-order valence-electron chi connectivity index (χ0n) is 14.9. The maximum Gasteiger partial charge on any atom is 0.258 e. The van der Waals surface area contributed by atoms with Crippen LogP contribution < -0.4 is 5.32 Å². The fourth-order valence-corrected chi connectivity index (χ4v) is 2.79. The minimum Gasteiger partial charge on any atom is -0.306 e. The van der Waals surface area contributed by atoms with E-state index < -0.39 is 0 Å². The van der Waals surface area contributed by atoms with Crippen molar-refractivity contribution in [1.82, 2.24) is 14.8 Å². The number of benzene rings is 1. The van der Waals surface area contributed by atoms with Gasteiger partial charge in [0.25, 0.3) is 5.91 Å². The molecular weight excluding hydrogens is 312 g/mol. The molecule has 0 aliphatic rings. The molecule has 0 saturated carbocycles. The summed E-state index contributed by atoms with van der Waals surface area (Å²) in [6, 6.07) is 13.3. The molecule has 3 rings (SSSR count). The summed E-state index contributed by atoms with van der Waals surface area (Å²) >= 11 is 0. The van der Waals surface area contributed by atoms with Gasteiger partial charge >= 0.3 is 0 Å². The number of rotatable bonds is 3. The van der Waals surface area contributed by atoms with Crippen molar-refractivity contribution in [2.75, 3.05) is 5.32 Å². The Kier molecular flexibility index (Phi) is 4.40. The van der Waals surface area contributed by atoms with Crippen molar-refractivity contribution in [2.45, 2.75) is 33.1 Å². The zero-order chi connectivity index (χ0) is 18.0. The third kappa shape index (κ3) is 3.45. The summed E-state index contributed by atoms with van der Waals surface area (Å²) < 4.78 is 1.80. The highest BCUT2D eigenvalue weighted by molar-refractivity contribution is 6.04. The second-order valence-electron chi connectivity index (χ2n) is 7.02. The number of pyridine rings is 1. The summed E-state index contributed by atoms with van der Waals surface area (Å²) in [5.41, 5.74) is 3.21. The highest BCUT2D eigenvalue weighted by atomic mass is 16.1. The number of hydrogen-bond donors (Lipinski definition) is 1. The van der Waals surface area contributed by atoms with Gasteiger partial charge in [-0.1, -0.05) is 39.0 Å². The lowest BCUT2D eigenvalue weighted by Gasteiger charge is -2.16. The minimum atomic E-state index is -0.200. The van der Waals surface area contributed by atoms with Gasteiger partial charge in [0.15, 0.2) is 0 Å². The molecule has 1 N–H and O–H groups in total. The van der Waals surface area contributed by atoms with E-state index in [0.717, 1.165) is 16.9 Å². The predicted octanol–water partition coefficient (Wildman–Crippen LogP) is 4.13. The minimum absolute atomic E-state index is 0.127. The number of amides is 1. The van der Waals surface area contributed by atoms with Gasteiger partial charge in [-0.05, 0) is 31.2 Å². The van der Waals surface area contributed by atoms with Crippen molar-refractivity contribution in [3.8, 4) is 5.69 Å². The lowest BCUT2D eigenvalue weighted by atomic mass is 9.90. The van der Waals surface area contributed by atoms with Crippen LogP contribution in [0.15, 0.2) is 54.9 Å². The molecule has 0 aliphatic carbocycles. The SMILES string of the molecule is Cc1c(C(C)(C)C)nn(-c2ccccc2)c1NC(=O)c1cccnc1. The monoisotopic (exact) mass is 334 g/mol. The second-order valence-corrected chi connectivity index (χ2v) is 7.02. The number of nitrogens with zero attached hydrogens (tertiary/aromatic N) is 3. The van der Waals surface area contributed by atoms with Crippen LogP contribution in [-0.2, 0) is 5.41 Å². The van der Waals surface area contributed by atoms with Gasteiger partial charge < -0.3 is 5.32 Å². The molecule has 0 saturated heterocycles. The molecule has 0 radical (unpaired) electrons. The number of nitrogens with one attached hydrogen (secondary N) is 1. The van der Waals surface area contributed by atoms with Crippen LogP contribution in [0.25, 0.3) is 5.69 Å². The smallest absolute Gasteiger partial charge is 0.258 e. The summed E-state index contributed by atoms with van der Waals surface area (Å²) in [5.74, 6) is 0.485. The summed E-state index contributed by atoms with van der Waals surface area (Å²) in [6.07, 6.45) is 3.20. The number of hydrogen-bond acceptors (Lipinski definition) is 3. The number of carbonyl (C=O) groups excluding carboxylic acids is 1. The average Bonchev–Trinajstić information content (AvgIpc) is 2.93. The number of anilines is 1. The first-order valence-corrected chi connectivity index (χ1v) is 8.25. The van der Waals surface area contributed by atoms with Gasteiger partial charge in [-0.3, -0.25) is 9.78 Å². The van der Waals surface area contributed by atoms with Crippen LogP contribution in [-0.4, -0.2) is 20.7 Å². The fourth-order valence-electron chi connectivity index (χ4n) is 2.79. The van der Waals surface area contributed by atoms with Gasteiger partial charge in [0.2, 0.25) is 0 Å². The topological polar surface area (TPSA) is 59.8 Å². The Bertz CT molecular complexity index is 877. The van der Waals surface area contributed by atoms with Gasteiger partial charge in [-0.15, -0.1) is 0 Å². The predicted molar refractivity (Wildman–Crippen MR) is 99.2 cm³/mol. The Balaban J connectivity index is 2.08. The Hall–Kier alpha value is -2.95. The van der Waals surface area contributed by atoms with E-state index in [4.69, 9.17) is 5.10 Å². The normalized spacial score (nSPS) is 11.4. The van der Waals surface area contributed by atoms with Crippen LogP contribution in [0.5, 0.6) is 0 Å². The number of para-hydroxylation sites is 1. The first kappa shape index (κ1) is 16.9. The molecule has 0 bridgehead atoms. The molecule has 5 heteroatoms. The molecule has 128 valence electrons. The number of carbonyl (C=O) groups is 1. The Morgan fingerprint density at radius 2 is 1.80 bits per heavy atom. The van der Waals surface area contributed by atoms with E-state index in [1.165, 1.54) is 0 Å². The molecule has 2 aromatic heterocycles. The molecule has 1 aromatic carbocycles. The van der Waals surface area contributed by atoms with Crippen LogP contribution in [0, 0.1) is 6.92 Å². The van der Waals surface area contributed by atoms with Crippen LogP contribution in [0.3, 0.4) is 0 Å². The largest absolute Gasteiger partial charge is 0.306 e. The molecule has 0 atom stereocenters. The summed E-state index contributed by atoms with van der Waals surface area (Å²) in [5, 5.41) is 7.79.